The molecule has 0 aliphatic carbocycles. The summed E-state index contributed by atoms with van der Waals surface area (Å²) in [6, 6.07) is 0. The number of hydrogen-bond donors (Lipinski definition) is 0. The standard InChI is InChI=1S/HOSi.O.Sb/c1-2;;/h2H;;. The molecule has 0 aromatic heterocycles. The summed E-state index contributed by atoms with van der Waals surface area (Å²) in [5.74, 6) is 0. The van der Waals surface area contributed by atoms with Crippen molar-refractivity contribution in [3.8, 4) is 0 Å². The van der Waals surface area contributed by atoms with Crippen molar-refractivity contribution in [1.29, 1.82) is 0 Å². The second-order valence-corrected chi connectivity index (χ2v) is 4.24. The van der Waals surface area contributed by atoms with Crippen LogP contribution >= 0.6 is 0 Å². The van der Waals surface area contributed by atoms with E-state index < -0.39 is 27.6 Å². The Labute approximate surface area is 35.4 Å². The second kappa shape index (κ2) is 3.64. The van der Waals surface area contributed by atoms with Gasteiger partial charge in [-0.2, -0.15) is 0 Å². The summed E-state index contributed by atoms with van der Waals surface area (Å²) < 4.78 is 18.3. The minimum absolute atomic E-state index is 0.873. The Kier molecular flexibility index (Phi) is 4.21. The molecule has 0 radical (unpaired) electrons. The molecule has 0 aromatic carbocycles. The molecule has 0 amide bonds. The minimum atomic E-state index is -1.37. The Morgan fingerprint density at radius 1 is 1.75 bits per heavy atom. The molecule has 0 atom stereocenters. The van der Waals surface area contributed by atoms with Gasteiger partial charge in [0.05, 0.1) is 0 Å². The van der Waals surface area contributed by atoms with Gasteiger partial charge in [-0.15, -0.1) is 0 Å². The zero-order valence-electron chi connectivity index (χ0n) is 1.84. The van der Waals surface area contributed by atoms with Gasteiger partial charge in [0.15, 0.2) is 0 Å². The average molecular weight is 183 g/mol. The van der Waals surface area contributed by atoms with Crippen LogP contribution in [0.1, 0.15) is 0 Å². The van der Waals surface area contributed by atoms with Crippen LogP contribution in [0, 0.1) is 0 Å². The second-order valence-electron chi connectivity index (χ2n) is 0.211. The summed E-state index contributed by atoms with van der Waals surface area (Å²) in [7, 11) is 0. The van der Waals surface area contributed by atoms with Gasteiger partial charge in [-0.3, -0.25) is 0 Å². The van der Waals surface area contributed by atoms with E-state index in [1.54, 1.807) is 0 Å². The van der Waals surface area contributed by atoms with Crippen LogP contribution in [0.15, 0.2) is 0 Å². The third-order valence-electron chi connectivity index (χ3n) is 0.0430. The zero-order chi connectivity index (χ0) is 3.41. The molecule has 4 heteroatoms. The van der Waals surface area contributed by atoms with Crippen molar-refractivity contribution in [2.75, 3.05) is 0 Å². The molecule has 0 saturated heterocycles. The van der Waals surface area contributed by atoms with Crippen LogP contribution in [0.3, 0.4) is 0 Å². The van der Waals surface area contributed by atoms with E-state index in [9.17, 15) is 3.02 Å². The molecule has 0 spiro atoms. The van der Waals surface area contributed by atoms with Crippen LogP contribution < -0.4 is 0 Å². The van der Waals surface area contributed by atoms with Gasteiger partial charge in [0, 0.05) is 0 Å². The molecule has 0 aromatic rings. The van der Waals surface area contributed by atoms with Crippen LogP contribution in [0.2, 0.25) is 0 Å². The van der Waals surface area contributed by atoms with Gasteiger partial charge in [-0.05, 0) is 0 Å². The Bertz CT molecular complexity index is 27.0. The molecule has 0 heterocycles. The normalized spacial score (nSPS) is 5.00. The molecule has 4 heavy (non-hydrogen) atoms. The average Bonchev–Trinajstić information content (AvgIpc) is 1.37. The predicted molar refractivity (Wildman–Crippen MR) is 14.3 cm³/mol. The maximum atomic E-state index is 9.17. The molecular formula is HO2SbSi. The predicted octanol–water partition coefficient (Wildman–Crippen LogP) is -1.27. The van der Waals surface area contributed by atoms with E-state index in [0.29, 0.717) is 0 Å². The monoisotopic (exact) mass is 182 g/mol. The molecule has 0 aliphatic rings. The Hall–Kier alpha value is 0.635. The molecule has 0 saturated carbocycles. The van der Waals surface area contributed by atoms with Crippen LogP contribution in [-0.2, 0) is 7.48 Å². The topological polar surface area (TPSA) is 34.1 Å². The van der Waals surface area contributed by atoms with E-state index in [-0.39, 0.29) is 0 Å². The van der Waals surface area contributed by atoms with Gasteiger partial charge < -0.3 is 0 Å². The summed E-state index contributed by atoms with van der Waals surface area (Å²) in [4.78, 5) is 0. The quantitative estimate of drug-likeness (QED) is 0.475. The summed E-state index contributed by atoms with van der Waals surface area (Å²) in [5, 5.41) is 0. The van der Waals surface area contributed by atoms with Gasteiger partial charge in [0.2, 0.25) is 0 Å². The fraction of sp³-hybridized carbons (Fsp3) is 0. The van der Waals surface area contributed by atoms with Crippen molar-refractivity contribution in [1.82, 2.24) is 0 Å². The van der Waals surface area contributed by atoms with Crippen molar-refractivity contribution < 1.29 is 7.48 Å². The first-order chi connectivity index (χ1) is 1.91. The van der Waals surface area contributed by atoms with E-state index >= 15 is 0 Å². The summed E-state index contributed by atoms with van der Waals surface area (Å²) in [6.07, 6.45) is 0. The van der Waals surface area contributed by atoms with E-state index in [0.717, 1.165) is 0 Å². The first kappa shape index (κ1) is 4.64. The molecular weight excluding hydrogens is 182 g/mol. The Morgan fingerprint density at radius 3 is 2.00 bits per heavy atom. The van der Waals surface area contributed by atoms with Crippen molar-refractivity contribution in [2.45, 2.75) is 0 Å². The van der Waals surface area contributed by atoms with E-state index in [1.807, 2.05) is 0 Å². The van der Waals surface area contributed by atoms with Crippen LogP contribution in [-0.4, -0.2) is 27.6 Å². The molecule has 0 rings (SSSR count). The van der Waals surface area contributed by atoms with Gasteiger partial charge in [-0.25, -0.2) is 0 Å². The van der Waals surface area contributed by atoms with Gasteiger partial charge in [0.25, 0.3) is 0 Å². The zero-order valence-corrected chi connectivity index (χ0v) is 5.55. The summed E-state index contributed by atoms with van der Waals surface area (Å²) >= 11 is -1.37. The van der Waals surface area contributed by atoms with Gasteiger partial charge in [-0.1, -0.05) is 0 Å². The van der Waals surface area contributed by atoms with Gasteiger partial charge in [0.1, 0.15) is 0 Å². The van der Waals surface area contributed by atoms with Crippen LogP contribution in [0.5, 0.6) is 0 Å². The Morgan fingerprint density at radius 2 is 2.00 bits per heavy atom. The van der Waals surface area contributed by atoms with Crippen molar-refractivity contribution >= 4 is 27.6 Å². The SMILES string of the molecule is O=[SiH][Sb]=[O]. The first-order valence-electron chi connectivity index (χ1n) is 0.676. The fourth-order valence-electron chi connectivity index (χ4n) is 0. The van der Waals surface area contributed by atoms with Crippen molar-refractivity contribution in [2.24, 2.45) is 0 Å². The van der Waals surface area contributed by atoms with Crippen molar-refractivity contribution in [3.63, 3.8) is 0 Å². The number of rotatable bonds is 1. The molecule has 0 fully saturated rings. The molecule has 0 unspecified atom stereocenters. The summed E-state index contributed by atoms with van der Waals surface area (Å²) in [5.41, 5.74) is 0. The maximum absolute atomic E-state index is 9.17. The third-order valence-corrected chi connectivity index (χ3v) is 0.866. The molecule has 2 nitrogen and oxygen atoms in total. The Balaban J connectivity index is 2.73. The van der Waals surface area contributed by atoms with Crippen molar-refractivity contribution in [3.05, 3.63) is 0 Å². The molecule has 22 valence electrons. The summed E-state index contributed by atoms with van der Waals surface area (Å²) in [6.45, 7) is -0.873. The first-order valence-corrected chi connectivity index (χ1v) is 7.13. The van der Waals surface area contributed by atoms with Crippen LogP contribution in [0.25, 0.3) is 0 Å². The fourth-order valence-corrected chi connectivity index (χ4v) is 0. The molecule has 0 bridgehead atoms. The number of hydrogen-bond acceptors (Lipinski definition) is 2. The molecule has 0 aliphatic heterocycles. The van der Waals surface area contributed by atoms with E-state index in [1.165, 1.54) is 0 Å². The van der Waals surface area contributed by atoms with E-state index in [2.05, 4.69) is 0 Å². The van der Waals surface area contributed by atoms with Gasteiger partial charge >= 0.3 is 35.1 Å². The third kappa shape index (κ3) is 2.64. The van der Waals surface area contributed by atoms with Crippen LogP contribution in [0.4, 0.5) is 0 Å². The molecule has 0 N–H and O–H groups in total. The van der Waals surface area contributed by atoms with E-state index in [4.69, 9.17) is 4.46 Å².